The third-order valence-corrected chi connectivity index (χ3v) is 5.41. The van der Waals surface area contributed by atoms with Crippen LogP contribution in [0, 0.1) is 0 Å². The molecule has 2 aromatic rings. The molecule has 1 saturated heterocycles. The second-order valence-electron chi connectivity index (χ2n) is 6.49. The molecule has 128 valence electrons. The van der Waals surface area contributed by atoms with Crippen LogP contribution in [-0.4, -0.2) is 35.3 Å². The minimum absolute atomic E-state index is 0.0316. The van der Waals surface area contributed by atoms with Crippen molar-refractivity contribution in [2.24, 2.45) is 0 Å². The van der Waals surface area contributed by atoms with Gasteiger partial charge in [-0.25, -0.2) is 4.79 Å². The number of hydrogen-bond acceptors (Lipinski definition) is 3. The molecule has 0 spiro atoms. The van der Waals surface area contributed by atoms with Crippen molar-refractivity contribution < 1.29 is 14.3 Å². The zero-order valence-corrected chi connectivity index (χ0v) is 14.6. The number of ether oxygens (including phenoxy) is 1. The molecule has 25 heavy (non-hydrogen) atoms. The Balaban J connectivity index is 1.53. The monoisotopic (exact) mass is 353 g/mol. The van der Waals surface area contributed by atoms with Gasteiger partial charge in [0.05, 0.1) is 0 Å². The van der Waals surface area contributed by atoms with Crippen LogP contribution in [0.5, 0.6) is 0 Å². The van der Waals surface area contributed by atoms with Gasteiger partial charge in [-0.1, -0.05) is 48.5 Å². The molecule has 0 radical (unpaired) electrons. The first-order valence-electron chi connectivity index (χ1n) is 8.51. The molecule has 1 aliphatic heterocycles. The van der Waals surface area contributed by atoms with E-state index in [1.807, 2.05) is 24.3 Å². The van der Waals surface area contributed by atoms with Crippen LogP contribution in [0.4, 0.5) is 4.79 Å². The van der Waals surface area contributed by atoms with Crippen LogP contribution < -0.4 is 0 Å². The van der Waals surface area contributed by atoms with E-state index in [4.69, 9.17) is 4.74 Å². The third kappa shape index (κ3) is 2.82. The Hall–Kier alpha value is -2.27. The van der Waals surface area contributed by atoms with Crippen LogP contribution in [0.2, 0.25) is 0 Å². The standard InChI is InChI=1S/C20H19NO3S/c22-19(25)18-10-5-11-21(18)20(23)24-12-17-15-8-3-1-6-13(15)14-7-2-4-9-16(14)17/h1-4,6-9,17-18H,5,10-12H2,(H,22,25)/t18-/m1/s1. The Morgan fingerprint density at radius 3 is 2.24 bits per heavy atom. The number of fused-ring (bicyclic) bond motifs is 3. The smallest absolute Gasteiger partial charge is 0.410 e. The van der Waals surface area contributed by atoms with E-state index in [-0.39, 0.29) is 17.6 Å². The molecule has 0 N–H and O–H groups in total. The summed E-state index contributed by atoms with van der Waals surface area (Å²) in [6.45, 7) is 0.824. The lowest BCUT2D eigenvalue weighted by molar-refractivity contribution is -0.114. The van der Waals surface area contributed by atoms with Crippen LogP contribution in [0.1, 0.15) is 29.9 Å². The van der Waals surface area contributed by atoms with Crippen molar-refractivity contribution in [3.63, 3.8) is 0 Å². The maximum atomic E-state index is 12.5. The van der Waals surface area contributed by atoms with Gasteiger partial charge in [0.25, 0.3) is 0 Å². The minimum Gasteiger partial charge on any atom is -0.448 e. The van der Waals surface area contributed by atoms with Gasteiger partial charge in [0, 0.05) is 12.5 Å². The maximum absolute atomic E-state index is 12.5. The Labute approximate surface area is 152 Å². The molecule has 1 atom stereocenters. The van der Waals surface area contributed by atoms with Crippen molar-refractivity contribution in [1.82, 2.24) is 4.90 Å². The second kappa shape index (κ2) is 6.56. The summed E-state index contributed by atoms with van der Waals surface area (Å²) in [6.07, 6.45) is 1.04. The van der Waals surface area contributed by atoms with Gasteiger partial charge in [-0.05, 0) is 35.1 Å². The highest BCUT2D eigenvalue weighted by Crippen LogP contribution is 2.44. The quantitative estimate of drug-likeness (QED) is 0.853. The molecule has 2 aliphatic rings. The average molecular weight is 353 g/mol. The second-order valence-corrected chi connectivity index (χ2v) is 6.93. The zero-order chi connectivity index (χ0) is 17.4. The molecule has 1 amide bonds. The number of carbonyl (C=O) groups is 2. The van der Waals surface area contributed by atoms with Crippen LogP contribution in [0.3, 0.4) is 0 Å². The minimum atomic E-state index is -0.459. The summed E-state index contributed by atoms with van der Waals surface area (Å²) in [6, 6.07) is 16.0. The molecule has 0 unspecified atom stereocenters. The number of benzene rings is 2. The summed E-state index contributed by atoms with van der Waals surface area (Å²) in [5.74, 6) is 0.0316. The lowest BCUT2D eigenvalue weighted by Gasteiger charge is -2.23. The van der Waals surface area contributed by atoms with E-state index in [0.717, 1.165) is 6.42 Å². The Kier molecular flexibility index (Phi) is 4.25. The summed E-state index contributed by atoms with van der Waals surface area (Å²) >= 11 is 3.89. The molecule has 5 heteroatoms. The van der Waals surface area contributed by atoms with Crippen molar-refractivity contribution in [3.8, 4) is 11.1 Å². The largest absolute Gasteiger partial charge is 0.448 e. The number of nitrogens with zero attached hydrogens (tertiary/aromatic N) is 1. The maximum Gasteiger partial charge on any atom is 0.410 e. The molecule has 1 heterocycles. The lowest BCUT2D eigenvalue weighted by atomic mass is 9.98. The highest BCUT2D eigenvalue weighted by Gasteiger charge is 2.35. The predicted octanol–water partition coefficient (Wildman–Crippen LogP) is 3.86. The summed E-state index contributed by atoms with van der Waals surface area (Å²) in [5, 5.41) is -0.272. The van der Waals surface area contributed by atoms with E-state index >= 15 is 0 Å². The topological polar surface area (TPSA) is 46.6 Å². The van der Waals surface area contributed by atoms with E-state index in [0.29, 0.717) is 13.0 Å². The van der Waals surface area contributed by atoms with Crippen molar-refractivity contribution in [3.05, 3.63) is 59.7 Å². The van der Waals surface area contributed by atoms with Crippen molar-refractivity contribution in [2.75, 3.05) is 13.2 Å². The Bertz CT molecular complexity index is 790. The molecular formula is C20H19NO3S. The molecule has 1 fully saturated rings. The number of amides is 1. The van der Waals surface area contributed by atoms with Crippen LogP contribution in [-0.2, 0) is 9.53 Å². The van der Waals surface area contributed by atoms with Gasteiger partial charge in [0.2, 0.25) is 5.12 Å². The van der Waals surface area contributed by atoms with Crippen LogP contribution >= 0.6 is 12.6 Å². The number of rotatable bonds is 3. The summed E-state index contributed by atoms with van der Waals surface area (Å²) in [4.78, 5) is 25.5. The van der Waals surface area contributed by atoms with E-state index in [1.54, 1.807) is 0 Å². The first-order valence-corrected chi connectivity index (χ1v) is 8.96. The fourth-order valence-electron chi connectivity index (χ4n) is 3.92. The fraction of sp³-hybridized carbons (Fsp3) is 0.300. The van der Waals surface area contributed by atoms with E-state index in [2.05, 4.69) is 36.9 Å². The van der Waals surface area contributed by atoms with Crippen LogP contribution in [0.15, 0.2) is 48.5 Å². The molecule has 2 aromatic carbocycles. The van der Waals surface area contributed by atoms with E-state index < -0.39 is 12.1 Å². The van der Waals surface area contributed by atoms with E-state index in [9.17, 15) is 9.59 Å². The highest BCUT2D eigenvalue weighted by atomic mass is 32.1. The molecule has 4 nitrogen and oxygen atoms in total. The van der Waals surface area contributed by atoms with Gasteiger partial charge in [-0.3, -0.25) is 9.69 Å². The molecule has 0 aromatic heterocycles. The van der Waals surface area contributed by atoms with Crippen molar-refractivity contribution in [1.29, 1.82) is 0 Å². The summed E-state index contributed by atoms with van der Waals surface area (Å²) in [7, 11) is 0. The molecule has 0 saturated carbocycles. The number of thiol groups is 1. The molecule has 1 aliphatic carbocycles. The lowest BCUT2D eigenvalue weighted by Crippen LogP contribution is -2.39. The van der Waals surface area contributed by atoms with Crippen LogP contribution in [0.25, 0.3) is 11.1 Å². The fourth-order valence-corrected chi connectivity index (χ4v) is 4.19. The SMILES string of the molecule is O=C(S)[C@H]1CCCN1C(=O)OCC1c2ccccc2-c2ccccc21. The first kappa shape index (κ1) is 16.2. The molecular weight excluding hydrogens is 334 g/mol. The Morgan fingerprint density at radius 2 is 1.64 bits per heavy atom. The molecule has 0 bridgehead atoms. The summed E-state index contributed by atoms with van der Waals surface area (Å²) < 4.78 is 5.60. The first-order chi connectivity index (χ1) is 12.2. The normalized spacial score (nSPS) is 18.8. The van der Waals surface area contributed by atoms with E-state index in [1.165, 1.54) is 27.2 Å². The highest BCUT2D eigenvalue weighted by molar-refractivity contribution is 7.96. The number of carbonyl (C=O) groups excluding carboxylic acids is 2. The number of likely N-dealkylation sites (tertiary alicyclic amines) is 1. The average Bonchev–Trinajstić information content (AvgIpc) is 3.23. The Morgan fingerprint density at radius 1 is 1.04 bits per heavy atom. The third-order valence-electron chi connectivity index (χ3n) is 5.11. The van der Waals surface area contributed by atoms with Gasteiger partial charge < -0.3 is 4.74 Å². The van der Waals surface area contributed by atoms with Crippen molar-refractivity contribution in [2.45, 2.75) is 24.8 Å². The van der Waals surface area contributed by atoms with Gasteiger partial charge >= 0.3 is 6.09 Å². The predicted molar refractivity (Wildman–Crippen MR) is 98.8 cm³/mol. The van der Waals surface area contributed by atoms with Gasteiger partial charge in [-0.15, -0.1) is 12.6 Å². The van der Waals surface area contributed by atoms with Gasteiger partial charge in [-0.2, -0.15) is 0 Å². The zero-order valence-electron chi connectivity index (χ0n) is 13.7. The molecule has 4 rings (SSSR count). The number of hydrogen-bond donors (Lipinski definition) is 1. The van der Waals surface area contributed by atoms with Gasteiger partial charge in [0.1, 0.15) is 12.6 Å². The summed E-state index contributed by atoms with van der Waals surface area (Å²) in [5.41, 5.74) is 4.76. The van der Waals surface area contributed by atoms with Crippen molar-refractivity contribution >= 4 is 23.8 Å². The van der Waals surface area contributed by atoms with Gasteiger partial charge in [0.15, 0.2) is 0 Å².